The number of hydrogen-bond acceptors (Lipinski definition) is 12. The number of fused-ring (bicyclic) bond motifs is 2. The van der Waals surface area contributed by atoms with Crippen LogP contribution >= 0.6 is 22.7 Å². The number of ether oxygens (including phenoxy) is 4. The Morgan fingerprint density at radius 1 is 0.480 bits per heavy atom. The normalized spacial score (nSPS) is 10.9. The summed E-state index contributed by atoms with van der Waals surface area (Å²) in [5, 5.41) is 27.9. The third-order valence-electron chi connectivity index (χ3n) is 7.16. The molecule has 0 radical (unpaired) electrons. The van der Waals surface area contributed by atoms with Crippen LogP contribution in [-0.4, -0.2) is 45.4 Å². The number of benzene rings is 5. The van der Waals surface area contributed by atoms with Gasteiger partial charge in [-0.15, -0.1) is 20.4 Å². The van der Waals surface area contributed by atoms with Crippen molar-refractivity contribution in [2.24, 2.45) is 0 Å². The number of nitrogens with zero attached hydrogens (tertiary/aromatic N) is 4. The van der Waals surface area contributed by atoms with E-state index in [9.17, 15) is 9.59 Å². The lowest BCUT2D eigenvalue weighted by Crippen LogP contribution is -2.20. The summed E-state index contributed by atoms with van der Waals surface area (Å²) in [7, 11) is 0. The fourth-order valence-electron chi connectivity index (χ4n) is 4.77. The average Bonchev–Trinajstić information content (AvgIpc) is 3.80. The number of hydrogen-bond donors (Lipinski definition) is 2. The molecule has 0 aliphatic rings. The van der Waals surface area contributed by atoms with Gasteiger partial charge in [0.2, 0.25) is 10.3 Å². The Hall–Kier alpha value is -6.12. The third-order valence-corrected chi connectivity index (χ3v) is 8.78. The van der Waals surface area contributed by atoms with Crippen molar-refractivity contribution < 1.29 is 28.5 Å². The molecular weight excluding hydrogens is 677 g/mol. The zero-order chi connectivity index (χ0) is 34.1. The van der Waals surface area contributed by atoms with Gasteiger partial charge in [-0.2, -0.15) is 0 Å². The molecule has 2 amide bonds. The minimum Gasteiger partial charge on any atom is -0.486 e. The van der Waals surface area contributed by atoms with E-state index in [0.29, 0.717) is 31.8 Å². The molecular formula is C36H28N6O6S2. The van der Waals surface area contributed by atoms with Crippen LogP contribution in [0, 0.1) is 0 Å². The highest BCUT2D eigenvalue weighted by Crippen LogP contribution is 2.25. The van der Waals surface area contributed by atoms with Crippen molar-refractivity contribution in [3.8, 4) is 23.0 Å². The molecule has 12 nitrogen and oxygen atoms in total. The van der Waals surface area contributed by atoms with Crippen molar-refractivity contribution in [2.75, 3.05) is 23.8 Å². The molecule has 14 heteroatoms. The molecule has 2 N–H and O–H groups in total. The van der Waals surface area contributed by atoms with Crippen LogP contribution in [0.1, 0.15) is 10.0 Å². The van der Waals surface area contributed by atoms with E-state index in [1.54, 1.807) is 24.3 Å². The monoisotopic (exact) mass is 704 g/mol. The standard InChI is InChI=1S/C36H28N6O6S2/c43-31(37-35-41-39-33(49-35)21-47-29-11-9-23-5-1-3-7-25(23)17-29)19-45-27-13-15-28(16-14-27)46-20-32(44)38-36-42-40-34(50-36)22-48-30-12-10-24-6-2-4-8-26(24)18-30/h1-18H,19-22H2,(H,37,41,43)(H,38,42,44). The molecule has 0 bridgehead atoms. The van der Waals surface area contributed by atoms with Gasteiger partial charge in [-0.25, -0.2) is 0 Å². The first-order chi connectivity index (χ1) is 24.5. The predicted octanol–water partition coefficient (Wildman–Crippen LogP) is 6.89. The Labute approximate surface area is 293 Å². The maximum absolute atomic E-state index is 12.4. The van der Waals surface area contributed by atoms with E-state index in [-0.39, 0.29) is 38.2 Å². The maximum atomic E-state index is 12.4. The highest BCUT2D eigenvalue weighted by Gasteiger charge is 2.12. The van der Waals surface area contributed by atoms with Crippen LogP contribution in [0.15, 0.2) is 109 Å². The van der Waals surface area contributed by atoms with Crippen LogP contribution < -0.4 is 29.6 Å². The number of carbonyl (C=O) groups is 2. The maximum Gasteiger partial charge on any atom is 0.264 e. The van der Waals surface area contributed by atoms with Crippen LogP contribution in [0.5, 0.6) is 23.0 Å². The first-order valence-corrected chi connectivity index (χ1v) is 17.0. The predicted molar refractivity (Wildman–Crippen MR) is 191 cm³/mol. The smallest absolute Gasteiger partial charge is 0.264 e. The molecule has 7 aromatic rings. The minimum atomic E-state index is -0.389. The summed E-state index contributed by atoms with van der Waals surface area (Å²) in [5.41, 5.74) is 0. The summed E-state index contributed by atoms with van der Waals surface area (Å²) in [4.78, 5) is 24.9. The highest BCUT2D eigenvalue weighted by molar-refractivity contribution is 7.15. The molecule has 5 aromatic carbocycles. The zero-order valence-corrected chi connectivity index (χ0v) is 27.9. The van der Waals surface area contributed by atoms with Gasteiger partial charge in [-0.1, -0.05) is 83.3 Å². The molecule has 0 spiro atoms. The van der Waals surface area contributed by atoms with Crippen molar-refractivity contribution in [3.63, 3.8) is 0 Å². The van der Waals surface area contributed by atoms with Gasteiger partial charge in [0, 0.05) is 0 Å². The second-order valence-electron chi connectivity index (χ2n) is 10.7. The van der Waals surface area contributed by atoms with E-state index in [2.05, 4.69) is 31.0 Å². The molecule has 0 unspecified atom stereocenters. The Kier molecular flexibility index (Phi) is 9.99. The van der Waals surface area contributed by atoms with E-state index >= 15 is 0 Å². The van der Waals surface area contributed by atoms with E-state index in [4.69, 9.17) is 18.9 Å². The highest BCUT2D eigenvalue weighted by atomic mass is 32.1. The van der Waals surface area contributed by atoms with Gasteiger partial charge >= 0.3 is 0 Å². The lowest BCUT2D eigenvalue weighted by atomic mass is 10.1. The quantitative estimate of drug-likeness (QED) is 0.123. The summed E-state index contributed by atoms with van der Waals surface area (Å²) in [6.45, 7) is -0.0148. The Morgan fingerprint density at radius 3 is 1.32 bits per heavy atom. The Balaban J connectivity index is 0.799. The van der Waals surface area contributed by atoms with Crippen LogP contribution in [0.4, 0.5) is 10.3 Å². The van der Waals surface area contributed by atoms with Gasteiger partial charge < -0.3 is 18.9 Å². The first-order valence-electron chi connectivity index (χ1n) is 15.4. The van der Waals surface area contributed by atoms with Crippen LogP contribution in [0.2, 0.25) is 0 Å². The van der Waals surface area contributed by atoms with Crippen molar-refractivity contribution in [2.45, 2.75) is 13.2 Å². The fourth-order valence-corrected chi connectivity index (χ4v) is 6.11. The lowest BCUT2D eigenvalue weighted by molar-refractivity contribution is -0.118. The van der Waals surface area contributed by atoms with Crippen LogP contribution in [0.3, 0.4) is 0 Å². The molecule has 2 heterocycles. The van der Waals surface area contributed by atoms with Gasteiger partial charge in [0.1, 0.15) is 36.2 Å². The lowest BCUT2D eigenvalue weighted by Gasteiger charge is -2.08. The minimum absolute atomic E-state index is 0.226. The molecule has 0 aliphatic carbocycles. The third kappa shape index (κ3) is 8.66. The molecule has 0 atom stereocenters. The SMILES string of the molecule is O=C(COc1ccc(OCC(=O)Nc2nnc(COc3ccc4ccccc4c3)s2)cc1)Nc1nnc(COc2ccc3ccccc3c2)s1. The number of anilines is 2. The summed E-state index contributed by atoms with van der Waals surface area (Å²) in [6, 6.07) is 34.4. The number of rotatable bonds is 14. The summed E-state index contributed by atoms with van der Waals surface area (Å²) in [6.07, 6.45) is 0. The molecule has 0 aliphatic heterocycles. The van der Waals surface area contributed by atoms with E-state index in [1.807, 2.05) is 84.9 Å². The van der Waals surface area contributed by atoms with Crippen molar-refractivity contribution in [1.82, 2.24) is 20.4 Å². The molecule has 2 aromatic heterocycles. The molecule has 250 valence electrons. The fraction of sp³-hybridized carbons (Fsp3) is 0.111. The average molecular weight is 705 g/mol. The van der Waals surface area contributed by atoms with Crippen LogP contribution in [-0.2, 0) is 22.8 Å². The zero-order valence-electron chi connectivity index (χ0n) is 26.3. The first kappa shape index (κ1) is 32.4. The summed E-state index contributed by atoms with van der Waals surface area (Å²) in [5.74, 6) is 1.57. The van der Waals surface area contributed by atoms with Gasteiger partial charge in [0.15, 0.2) is 23.2 Å². The molecule has 50 heavy (non-hydrogen) atoms. The molecule has 0 saturated heterocycles. The largest absolute Gasteiger partial charge is 0.486 e. The molecule has 0 fully saturated rings. The molecule has 7 rings (SSSR count). The number of nitrogens with one attached hydrogen (secondary N) is 2. The number of amides is 2. The van der Waals surface area contributed by atoms with Gasteiger partial charge in [-0.3, -0.25) is 20.2 Å². The van der Waals surface area contributed by atoms with Gasteiger partial charge in [-0.05, 0) is 70.1 Å². The topological polar surface area (TPSA) is 147 Å². The van der Waals surface area contributed by atoms with E-state index in [1.165, 1.54) is 22.7 Å². The van der Waals surface area contributed by atoms with Crippen molar-refractivity contribution >= 4 is 66.3 Å². The summed E-state index contributed by atoms with van der Waals surface area (Å²) < 4.78 is 22.9. The van der Waals surface area contributed by atoms with E-state index < -0.39 is 0 Å². The van der Waals surface area contributed by atoms with E-state index in [0.717, 1.165) is 33.0 Å². The Bertz CT molecular complexity index is 2100. The number of aromatic nitrogens is 4. The second kappa shape index (κ2) is 15.4. The number of carbonyl (C=O) groups excluding carboxylic acids is 2. The van der Waals surface area contributed by atoms with Gasteiger partial charge in [0.05, 0.1) is 0 Å². The van der Waals surface area contributed by atoms with Gasteiger partial charge in [0.25, 0.3) is 11.8 Å². The summed E-state index contributed by atoms with van der Waals surface area (Å²) >= 11 is 2.44. The van der Waals surface area contributed by atoms with Crippen molar-refractivity contribution in [1.29, 1.82) is 0 Å². The molecule has 0 saturated carbocycles. The Morgan fingerprint density at radius 2 is 0.880 bits per heavy atom. The second-order valence-corrected chi connectivity index (χ2v) is 12.9. The van der Waals surface area contributed by atoms with Crippen molar-refractivity contribution in [3.05, 3.63) is 119 Å². The van der Waals surface area contributed by atoms with Crippen LogP contribution in [0.25, 0.3) is 21.5 Å².